The molecule has 0 aromatic carbocycles. The van der Waals surface area contributed by atoms with Gasteiger partial charge in [0.05, 0.1) is 0 Å². The van der Waals surface area contributed by atoms with Crippen LogP contribution < -0.4 is 5.32 Å². The molecule has 1 aliphatic rings. The van der Waals surface area contributed by atoms with Gasteiger partial charge in [-0.2, -0.15) is 11.8 Å². The lowest BCUT2D eigenvalue weighted by Crippen LogP contribution is -2.45. The van der Waals surface area contributed by atoms with Gasteiger partial charge in [-0.25, -0.2) is 0 Å². The summed E-state index contributed by atoms with van der Waals surface area (Å²) >= 11 is 2.06. The van der Waals surface area contributed by atoms with Crippen molar-refractivity contribution in [2.75, 3.05) is 38.2 Å². The van der Waals surface area contributed by atoms with Crippen molar-refractivity contribution in [3.8, 4) is 0 Å². The molecule has 2 rings (SSSR count). The summed E-state index contributed by atoms with van der Waals surface area (Å²) in [6, 6.07) is 6.78. The average Bonchev–Trinajstić information content (AvgIpc) is 2.39. The van der Waals surface area contributed by atoms with Crippen molar-refractivity contribution in [1.82, 2.24) is 15.2 Å². The molecule has 0 aliphatic carbocycles. The van der Waals surface area contributed by atoms with Crippen LogP contribution in [0, 0.1) is 0 Å². The number of aromatic nitrogens is 1. The average molecular weight is 251 g/mol. The molecule has 17 heavy (non-hydrogen) atoms. The molecule has 1 aliphatic heterocycles. The predicted molar refractivity (Wildman–Crippen MR) is 74.6 cm³/mol. The molecule has 0 spiro atoms. The molecule has 1 fully saturated rings. The lowest BCUT2D eigenvalue weighted by Gasteiger charge is -2.27. The lowest BCUT2D eigenvalue weighted by molar-refractivity contribution is 0.301. The normalized spacial score (nSPS) is 20.7. The first-order valence-corrected chi connectivity index (χ1v) is 7.39. The van der Waals surface area contributed by atoms with Crippen LogP contribution in [0.1, 0.15) is 5.69 Å². The highest BCUT2D eigenvalue weighted by atomic mass is 32.2. The first kappa shape index (κ1) is 12.9. The maximum Gasteiger partial charge on any atom is 0.0416 e. The number of thioether (sulfide) groups is 1. The Bertz CT molecular complexity index is 312. The first-order valence-electron chi connectivity index (χ1n) is 6.24. The Morgan fingerprint density at radius 1 is 1.53 bits per heavy atom. The van der Waals surface area contributed by atoms with Crippen molar-refractivity contribution in [1.29, 1.82) is 0 Å². The molecule has 0 radical (unpaired) electrons. The molecule has 1 atom stereocenters. The van der Waals surface area contributed by atoms with E-state index in [1.165, 1.54) is 17.2 Å². The highest BCUT2D eigenvalue weighted by Crippen LogP contribution is 2.08. The van der Waals surface area contributed by atoms with Crippen LogP contribution in [0.5, 0.6) is 0 Å². The fourth-order valence-corrected chi connectivity index (χ4v) is 2.99. The number of likely N-dealkylation sites (N-methyl/N-ethyl adjacent to an activating group) is 1. The molecule has 94 valence electrons. The van der Waals surface area contributed by atoms with Gasteiger partial charge < -0.3 is 10.2 Å². The van der Waals surface area contributed by atoms with Crippen LogP contribution in [-0.4, -0.2) is 54.1 Å². The van der Waals surface area contributed by atoms with Crippen LogP contribution in [0.25, 0.3) is 0 Å². The van der Waals surface area contributed by atoms with E-state index in [2.05, 4.69) is 46.1 Å². The van der Waals surface area contributed by atoms with Crippen LogP contribution >= 0.6 is 11.8 Å². The van der Waals surface area contributed by atoms with Gasteiger partial charge in [0.25, 0.3) is 0 Å². The van der Waals surface area contributed by atoms with Crippen LogP contribution in [0.2, 0.25) is 0 Å². The van der Waals surface area contributed by atoms with Gasteiger partial charge in [0.1, 0.15) is 0 Å². The van der Waals surface area contributed by atoms with Gasteiger partial charge in [-0.3, -0.25) is 4.98 Å². The van der Waals surface area contributed by atoms with Gasteiger partial charge in [-0.05, 0) is 19.2 Å². The van der Waals surface area contributed by atoms with Crippen molar-refractivity contribution < 1.29 is 0 Å². The van der Waals surface area contributed by atoms with Crippen molar-refractivity contribution in [3.63, 3.8) is 0 Å². The fraction of sp³-hybridized carbons (Fsp3) is 0.615. The Morgan fingerprint density at radius 3 is 3.18 bits per heavy atom. The number of nitrogens with zero attached hydrogens (tertiary/aromatic N) is 2. The van der Waals surface area contributed by atoms with Gasteiger partial charge >= 0.3 is 0 Å². The smallest absolute Gasteiger partial charge is 0.0416 e. The van der Waals surface area contributed by atoms with E-state index in [4.69, 9.17) is 0 Å². The van der Waals surface area contributed by atoms with E-state index in [1.807, 2.05) is 12.3 Å². The van der Waals surface area contributed by atoms with Gasteiger partial charge in [0.2, 0.25) is 0 Å². The first-order chi connectivity index (χ1) is 8.34. The number of nitrogens with one attached hydrogen (secondary N) is 1. The van der Waals surface area contributed by atoms with E-state index in [0.717, 1.165) is 26.1 Å². The van der Waals surface area contributed by atoms with Crippen LogP contribution in [0.3, 0.4) is 0 Å². The summed E-state index contributed by atoms with van der Waals surface area (Å²) in [5.41, 5.74) is 1.19. The van der Waals surface area contributed by atoms with Crippen LogP contribution in [-0.2, 0) is 6.42 Å². The van der Waals surface area contributed by atoms with E-state index in [0.29, 0.717) is 6.04 Å². The maximum atomic E-state index is 4.35. The second-order valence-corrected chi connectivity index (χ2v) is 5.71. The molecule has 1 saturated heterocycles. The Labute approximate surface area is 108 Å². The minimum atomic E-state index is 0.655. The summed E-state index contributed by atoms with van der Waals surface area (Å²) < 4.78 is 0. The standard InChI is InChI=1S/C13H21N3S/c1-16(10-13-11-17-9-7-15-13)8-5-12-4-2-3-6-14-12/h2-4,6,13,15H,5,7-11H2,1H3. The zero-order valence-corrected chi connectivity index (χ0v) is 11.2. The summed E-state index contributed by atoms with van der Waals surface area (Å²) in [5.74, 6) is 2.50. The second-order valence-electron chi connectivity index (χ2n) is 4.56. The molecule has 0 amide bonds. The number of hydrogen-bond donors (Lipinski definition) is 1. The Balaban J connectivity index is 1.68. The van der Waals surface area contributed by atoms with Gasteiger partial charge in [-0.15, -0.1) is 0 Å². The Hall–Kier alpha value is -0.580. The Morgan fingerprint density at radius 2 is 2.47 bits per heavy atom. The molecule has 1 N–H and O–H groups in total. The largest absolute Gasteiger partial charge is 0.311 e. The van der Waals surface area contributed by atoms with Crippen LogP contribution in [0.15, 0.2) is 24.4 Å². The van der Waals surface area contributed by atoms with E-state index >= 15 is 0 Å². The number of rotatable bonds is 5. The highest BCUT2D eigenvalue weighted by Gasteiger charge is 2.14. The van der Waals surface area contributed by atoms with E-state index < -0.39 is 0 Å². The molecule has 1 unspecified atom stereocenters. The Kier molecular flexibility index (Phi) is 5.29. The third-order valence-corrected chi connectivity index (χ3v) is 4.14. The van der Waals surface area contributed by atoms with Gasteiger partial charge in [0.15, 0.2) is 0 Å². The maximum absolute atomic E-state index is 4.35. The molecule has 2 heterocycles. The molecule has 1 aromatic rings. The van der Waals surface area contributed by atoms with Crippen molar-refractivity contribution in [3.05, 3.63) is 30.1 Å². The second kappa shape index (κ2) is 6.99. The third kappa shape index (κ3) is 4.66. The monoisotopic (exact) mass is 251 g/mol. The zero-order valence-electron chi connectivity index (χ0n) is 10.4. The van der Waals surface area contributed by atoms with Gasteiger partial charge in [-0.1, -0.05) is 6.07 Å². The van der Waals surface area contributed by atoms with E-state index in [-0.39, 0.29) is 0 Å². The topological polar surface area (TPSA) is 28.2 Å². The van der Waals surface area contributed by atoms with Crippen molar-refractivity contribution in [2.45, 2.75) is 12.5 Å². The zero-order chi connectivity index (χ0) is 11.9. The number of hydrogen-bond acceptors (Lipinski definition) is 4. The minimum absolute atomic E-state index is 0.655. The molecule has 1 aromatic heterocycles. The molecule has 0 saturated carbocycles. The van der Waals surface area contributed by atoms with Crippen molar-refractivity contribution in [2.24, 2.45) is 0 Å². The minimum Gasteiger partial charge on any atom is -0.311 e. The molecular formula is C13H21N3S. The molecule has 4 heteroatoms. The summed E-state index contributed by atoms with van der Waals surface area (Å²) in [5, 5.41) is 3.57. The summed E-state index contributed by atoms with van der Waals surface area (Å²) in [6.07, 6.45) is 2.91. The number of pyridine rings is 1. The lowest BCUT2D eigenvalue weighted by atomic mass is 10.2. The molecule has 3 nitrogen and oxygen atoms in total. The predicted octanol–water partition coefficient (Wildman–Crippen LogP) is 1.26. The summed E-state index contributed by atoms with van der Waals surface area (Å²) in [4.78, 5) is 6.75. The molecular weight excluding hydrogens is 230 g/mol. The molecule has 0 bridgehead atoms. The van der Waals surface area contributed by atoms with Crippen LogP contribution in [0.4, 0.5) is 0 Å². The fourth-order valence-electron chi connectivity index (χ4n) is 2.06. The highest BCUT2D eigenvalue weighted by molar-refractivity contribution is 7.99. The van der Waals surface area contributed by atoms with E-state index in [9.17, 15) is 0 Å². The van der Waals surface area contributed by atoms with Gasteiger partial charge in [0, 0.05) is 55.5 Å². The quantitative estimate of drug-likeness (QED) is 0.853. The van der Waals surface area contributed by atoms with Crippen molar-refractivity contribution >= 4 is 11.8 Å². The summed E-state index contributed by atoms with van der Waals surface area (Å²) in [6.45, 7) is 3.38. The SMILES string of the molecule is CN(CCc1ccccn1)CC1CSCCN1. The third-order valence-electron chi connectivity index (χ3n) is 3.01. The summed E-state index contributed by atoms with van der Waals surface area (Å²) in [7, 11) is 2.20. The van der Waals surface area contributed by atoms with E-state index in [1.54, 1.807) is 0 Å².